The van der Waals surface area contributed by atoms with Gasteiger partial charge in [0.2, 0.25) is 0 Å². The quantitative estimate of drug-likeness (QED) is 0.323. The van der Waals surface area contributed by atoms with Crippen LogP contribution in [0.4, 0.5) is 0 Å². The maximum absolute atomic E-state index is 12.3. The van der Waals surface area contributed by atoms with Gasteiger partial charge in [-0.1, -0.05) is 49.9 Å². The molecule has 2 unspecified atom stereocenters. The lowest BCUT2D eigenvalue weighted by atomic mass is 9.69. The van der Waals surface area contributed by atoms with Crippen LogP contribution in [-0.4, -0.2) is 23.1 Å². The molecule has 0 spiro atoms. The second kappa shape index (κ2) is 9.61. The summed E-state index contributed by atoms with van der Waals surface area (Å²) in [6, 6.07) is 0. The molecule has 0 aliphatic heterocycles. The van der Waals surface area contributed by atoms with E-state index in [1.165, 1.54) is 0 Å². The molecule has 2 atom stereocenters. The highest BCUT2D eigenvalue weighted by atomic mass is 35.5. The maximum Gasteiger partial charge on any atom is 0.324 e. The van der Waals surface area contributed by atoms with E-state index >= 15 is 0 Å². The van der Waals surface area contributed by atoms with E-state index in [1.807, 2.05) is 13.8 Å². The highest BCUT2D eigenvalue weighted by Gasteiger charge is 2.54. The first kappa shape index (κ1) is 19.6. The standard InChI is InChI=1S/C16H26Cl2O4/c1-3-5-8-12(17)21-14(19)16(10-7-11-16)15(20)22-13(18)9-6-4-2/h12-13H,3-11H2,1-2H3. The lowest BCUT2D eigenvalue weighted by Crippen LogP contribution is -2.48. The molecule has 4 nitrogen and oxygen atoms in total. The Morgan fingerprint density at radius 3 is 1.64 bits per heavy atom. The highest BCUT2D eigenvalue weighted by molar-refractivity contribution is 6.21. The molecule has 0 N–H and O–H groups in total. The van der Waals surface area contributed by atoms with E-state index in [4.69, 9.17) is 32.7 Å². The third-order valence-electron chi connectivity index (χ3n) is 4.03. The minimum absolute atomic E-state index is 0.444. The Bertz CT molecular complexity index is 339. The van der Waals surface area contributed by atoms with Gasteiger partial charge in [0.1, 0.15) is 0 Å². The smallest absolute Gasteiger partial charge is 0.324 e. The zero-order valence-electron chi connectivity index (χ0n) is 13.4. The minimum Gasteiger partial charge on any atom is -0.445 e. The van der Waals surface area contributed by atoms with Gasteiger partial charge >= 0.3 is 11.9 Å². The van der Waals surface area contributed by atoms with Crippen LogP contribution < -0.4 is 0 Å². The fraction of sp³-hybridized carbons (Fsp3) is 0.875. The van der Waals surface area contributed by atoms with Crippen LogP contribution in [0.1, 0.15) is 71.6 Å². The molecule has 1 aliphatic rings. The highest BCUT2D eigenvalue weighted by Crippen LogP contribution is 2.44. The number of unbranched alkanes of at least 4 members (excludes halogenated alkanes) is 2. The summed E-state index contributed by atoms with van der Waals surface area (Å²) in [5, 5.41) is 0. The Hall–Kier alpha value is -0.480. The van der Waals surface area contributed by atoms with Gasteiger partial charge in [-0.15, -0.1) is 0 Å². The van der Waals surface area contributed by atoms with Crippen molar-refractivity contribution in [1.29, 1.82) is 0 Å². The molecule has 0 heterocycles. The fourth-order valence-electron chi connectivity index (χ4n) is 2.33. The largest absolute Gasteiger partial charge is 0.445 e. The SMILES string of the molecule is CCCCC(Cl)OC(=O)C1(C(=O)OC(Cl)CCCC)CCC1. The molecular formula is C16H26Cl2O4. The van der Waals surface area contributed by atoms with E-state index in [1.54, 1.807) is 0 Å². The van der Waals surface area contributed by atoms with Crippen molar-refractivity contribution in [2.75, 3.05) is 0 Å². The predicted molar refractivity (Wildman–Crippen MR) is 86.8 cm³/mol. The molecule has 0 radical (unpaired) electrons. The van der Waals surface area contributed by atoms with Crippen LogP contribution in [0, 0.1) is 5.41 Å². The van der Waals surface area contributed by atoms with Crippen LogP contribution in [0.2, 0.25) is 0 Å². The second-order valence-corrected chi connectivity index (χ2v) is 6.82. The zero-order chi connectivity index (χ0) is 16.6. The van der Waals surface area contributed by atoms with Crippen molar-refractivity contribution < 1.29 is 19.1 Å². The Balaban J connectivity index is 2.55. The van der Waals surface area contributed by atoms with Gasteiger partial charge in [0.15, 0.2) is 16.5 Å². The molecule has 0 aromatic rings. The van der Waals surface area contributed by atoms with E-state index in [0.717, 1.165) is 32.1 Å². The first-order valence-corrected chi connectivity index (χ1v) is 9.04. The van der Waals surface area contributed by atoms with Gasteiger partial charge in [0.25, 0.3) is 0 Å². The molecule has 1 saturated carbocycles. The van der Waals surface area contributed by atoms with Gasteiger partial charge in [-0.25, -0.2) is 0 Å². The summed E-state index contributed by atoms with van der Waals surface area (Å²) >= 11 is 12.0. The van der Waals surface area contributed by atoms with E-state index in [0.29, 0.717) is 25.7 Å². The average molecular weight is 353 g/mol. The summed E-state index contributed by atoms with van der Waals surface area (Å²) in [7, 11) is 0. The summed E-state index contributed by atoms with van der Waals surface area (Å²) in [5.74, 6) is -1.14. The van der Waals surface area contributed by atoms with E-state index < -0.39 is 28.5 Å². The Labute approximate surface area is 142 Å². The number of hydrogen-bond donors (Lipinski definition) is 0. The summed E-state index contributed by atoms with van der Waals surface area (Å²) in [5.41, 5.74) is -2.58. The van der Waals surface area contributed by atoms with Crippen molar-refractivity contribution in [2.45, 2.75) is 82.8 Å². The van der Waals surface area contributed by atoms with Crippen molar-refractivity contribution in [1.82, 2.24) is 0 Å². The molecule has 0 aromatic carbocycles. The molecule has 0 aromatic heterocycles. The van der Waals surface area contributed by atoms with Crippen molar-refractivity contribution in [3.63, 3.8) is 0 Å². The van der Waals surface area contributed by atoms with Crippen molar-refractivity contribution in [3.05, 3.63) is 0 Å². The van der Waals surface area contributed by atoms with Crippen LogP contribution in [-0.2, 0) is 19.1 Å². The number of rotatable bonds is 10. The van der Waals surface area contributed by atoms with Crippen LogP contribution in [0.3, 0.4) is 0 Å². The van der Waals surface area contributed by atoms with E-state index in [2.05, 4.69) is 0 Å². The molecule has 6 heteroatoms. The lowest BCUT2D eigenvalue weighted by Gasteiger charge is -2.37. The van der Waals surface area contributed by atoms with Crippen molar-refractivity contribution >= 4 is 35.1 Å². The zero-order valence-corrected chi connectivity index (χ0v) is 14.9. The normalized spacial score (nSPS) is 18.9. The fourth-order valence-corrected chi connectivity index (χ4v) is 2.80. The third-order valence-corrected chi connectivity index (χ3v) is 4.64. The van der Waals surface area contributed by atoms with E-state index in [9.17, 15) is 9.59 Å². The van der Waals surface area contributed by atoms with Gasteiger partial charge in [-0.05, 0) is 44.9 Å². The van der Waals surface area contributed by atoms with Crippen LogP contribution in [0.25, 0.3) is 0 Å². The summed E-state index contributed by atoms with van der Waals surface area (Å²) in [6.45, 7) is 4.07. The number of carbonyl (C=O) groups is 2. The maximum atomic E-state index is 12.3. The van der Waals surface area contributed by atoms with Gasteiger partial charge in [-0.3, -0.25) is 9.59 Å². The van der Waals surface area contributed by atoms with Crippen LogP contribution in [0.5, 0.6) is 0 Å². The Morgan fingerprint density at radius 1 is 0.955 bits per heavy atom. The third kappa shape index (κ3) is 5.31. The van der Waals surface area contributed by atoms with Gasteiger partial charge in [-0.2, -0.15) is 0 Å². The predicted octanol–water partition coefficient (Wildman–Crippen LogP) is 4.75. The second-order valence-electron chi connectivity index (χ2n) is 5.85. The minimum atomic E-state index is -1.20. The molecule has 1 rings (SSSR count). The molecule has 22 heavy (non-hydrogen) atoms. The summed E-state index contributed by atoms with van der Waals surface area (Å²) in [6.07, 6.45) is 6.55. The summed E-state index contributed by atoms with van der Waals surface area (Å²) < 4.78 is 10.5. The average Bonchev–Trinajstić information content (AvgIpc) is 2.41. The molecule has 1 fully saturated rings. The van der Waals surface area contributed by atoms with Crippen LogP contribution in [0.15, 0.2) is 0 Å². The molecule has 0 bridgehead atoms. The number of esters is 2. The Kier molecular flexibility index (Phi) is 8.55. The number of alkyl halides is 2. The number of halogens is 2. The number of ether oxygens (including phenoxy) is 2. The monoisotopic (exact) mass is 352 g/mol. The van der Waals surface area contributed by atoms with Crippen LogP contribution >= 0.6 is 23.2 Å². The first-order chi connectivity index (χ1) is 10.5. The lowest BCUT2D eigenvalue weighted by molar-refractivity contribution is -0.182. The summed E-state index contributed by atoms with van der Waals surface area (Å²) in [4.78, 5) is 24.6. The van der Waals surface area contributed by atoms with Gasteiger partial charge in [0, 0.05) is 0 Å². The number of hydrogen-bond acceptors (Lipinski definition) is 4. The number of carbonyl (C=O) groups excluding carboxylic acids is 2. The topological polar surface area (TPSA) is 52.6 Å². The molecule has 128 valence electrons. The molecule has 1 aliphatic carbocycles. The molecular weight excluding hydrogens is 327 g/mol. The first-order valence-electron chi connectivity index (χ1n) is 8.16. The Morgan fingerprint density at radius 2 is 1.36 bits per heavy atom. The molecule has 0 saturated heterocycles. The van der Waals surface area contributed by atoms with Crippen molar-refractivity contribution in [2.24, 2.45) is 5.41 Å². The molecule has 0 amide bonds. The van der Waals surface area contributed by atoms with Crippen molar-refractivity contribution in [3.8, 4) is 0 Å². The van der Waals surface area contributed by atoms with Gasteiger partial charge < -0.3 is 9.47 Å². The van der Waals surface area contributed by atoms with E-state index in [-0.39, 0.29) is 0 Å². The van der Waals surface area contributed by atoms with Gasteiger partial charge in [0.05, 0.1) is 0 Å².